The minimum atomic E-state index is -0.519. The molecule has 2 aromatic rings. The van der Waals surface area contributed by atoms with Crippen LogP contribution in [0.2, 0.25) is 0 Å². The van der Waals surface area contributed by atoms with Crippen molar-refractivity contribution in [3.63, 3.8) is 0 Å². The van der Waals surface area contributed by atoms with Crippen molar-refractivity contribution < 1.29 is 23.9 Å². The van der Waals surface area contributed by atoms with Crippen LogP contribution in [0.1, 0.15) is 45.0 Å². The van der Waals surface area contributed by atoms with Gasteiger partial charge in [-0.15, -0.1) is 11.3 Å². The number of methoxy groups -OCH3 is 1. The van der Waals surface area contributed by atoms with E-state index in [0.29, 0.717) is 18.5 Å². The average Bonchev–Trinajstić information content (AvgIpc) is 3.14. The summed E-state index contributed by atoms with van der Waals surface area (Å²) in [4.78, 5) is 36.7. The maximum absolute atomic E-state index is 12.7. The molecule has 2 heterocycles. The zero-order valence-electron chi connectivity index (χ0n) is 16.9. The van der Waals surface area contributed by atoms with E-state index in [1.807, 2.05) is 44.4 Å². The fourth-order valence-corrected chi connectivity index (χ4v) is 4.08. The maximum Gasteiger partial charge on any atom is 0.341 e. The van der Waals surface area contributed by atoms with E-state index >= 15 is 0 Å². The highest BCUT2D eigenvalue weighted by Gasteiger charge is 2.24. The molecule has 0 saturated heterocycles. The monoisotopic (exact) mass is 406 g/mol. The molecule has 0 aliphatic rings. The third-order valence-corrected chi connectivity index (χ3v) is 5.68. The van der Waals surface area contributed by atoms with Crippen LogP contribution in [0.5, 0.6) is 0 Å². The molecule has 0 radical (unpaired) electrons. The van der Waals surface area contributed by atoms with Crippen LogP contribution in [0, 0.1) is 27.7 Å². The highest BCUT2D eigenvalue weighted by molar-refractivity contribution is 7.15. The van der Waals surface area contributed by atoms with Crippen LogP contribution in [0.15, 0.2) is 12.1 Å². The van der Waals surface area contributed by atoms with E-state index in [-0.39, 0.29) is 19.0 Å². The topological polar surface area (TPSA) is 86.6 Å². The summed E-state index contributed by atoms with van der Waals surface area (Å²) in [6, 6.07) is 3.99. The zero-order chi connectivity index (χ0) is 20.8. The van der Waals surface area contributed by atoms with Gasteiger partial charge in [-0.2, -0.15) is 0 Å². The number of carbonyl (C=O) groups is 3. The van der Waals surface area contributed by atoms with Crippen LogP contribution in [0.3, 0.4) is 0 Å². The van der Waals surface area contributed by atoms with Crippen LogP contribution in [-0.2, 0) is 19.1 Å². The van der Waals surface area contributed by atoms with Crippen molar-refractivity contribution in [2.24, 2.45) is 0 Å². The average molecular weight is 407 g/mol. The molecule has 0 atom stereocenters. The first-order valence-corrected chi connectivity index (χ1v) is 9.83. The zero-order valence-corrected chi connectivity index (χ0v) is 17.7. The number of aromatic nitrogens is 1. The second-order valence-electron chi connectivity index (χ2n) is 6.52. The van der Waals surface area contributed by atoms with E-state index in [2.05, 4.69) is 10.1 Å². The van der Waals surface area contributed by atoms with Crippen LogP contribution >= 0.6 is 11.3 Å². The van der Waals surface area contributed by atoms with Gasteiger partial charge in [0.1, 0.15) is 5.00 Å². The Hall–Kier alpha value is -2.61. The number of amides is 1. The van der Waals surface area contributed by atoms with Gasteiger partial charge in [0.05, 0.1) is 12.7 Å². The van der Waals surface area contributed by atoms with Gasteiger partial charge in [-0.05, 0) is 51.8 Å². The molecule has 28 heavy (non-hydrogen) atoms. The van der Waals surface area contributed by atoms with Gasteiger partial charge >= 0.3 is 11.9 Å². The third kappa shape index (κ3) is 5.01. The van der Waals surface area contributed by atoms with Crippen molar-refractivity contribution in [3.05, 3.63) is 39.5 Å². The lowest BCUT2D eigenvalue weighted by atomic mass is 10.1. The first-order chi connectivity index (χ1) is 13.3. The van der Waals surface area contributed by atoms with E-state index in [4.69, 9.17) is 4.74 Å². The molecule has 0 unspecified atom stereocenters. The second-order valence-corrected chi connectivity index (χ2v) is 7.72. The lowest BCUT2D eigenvalue weighted by Crippen LogP contribution is -2.30. The standard InChI is InChI=1S/C20H26N2O5S/c1-12-8-9-13(2)22(12)19-18(14(3)15(4)28-19)20(25)27-11-16(23)21-10-6-7-17(24)26-5/h8-9H,6-7,10-11H2,1-5H3,(H,21,23). The molecule has 0 bridgehead atoms. The summed E-state index contributed by atoms with van der Waals surface area (Å²) in [5.74, 6) is -1.25. The normalized spacial score (nSPS) is 10.6. The highest BCUT2D eigenvalue weighted by Crippen LogP contribution is 2.33. The molecule has 0 spiro atoms. The highest BCUT2D eigenvalue weighted by atomic mass is 32.1. The van der Waals surface area contributed by atoms with Gasteiger partial charge in [-0.25, -0.2) is 4.79 Å². The molecular formula is C20H26N2O5S. The van der Waals surface area contributed by atoms with Crippen LogP contribution in [0.25, 0.3) is 5.00 Å². The summed E-state index contributed by atoms with van der Waals surface area (Å²) in [6.07, 6.45) is 0.689. The number of rotatable bonds is 8. The molecule has 0 aliphatic heterocycles. The number of aryl methyl sites for hydroxylation is 3. The van der Waals surface area contributed by atoms with Gasteiger partial charge in [0.15, 0.2) is 6.61 Å². The lowest BCUT2D eigenvalue weighted by molar-refractivity contribution is -0.140. The van der Waals surface area contributed by atoms with Crippen molar-refractivity contribution >= 4 is 29.2 Å². The van der Waals surface area contributed by atoms with Gasteiger partial charge in [0.25, 0.3) is 5.91 Å². The van der Waals surface area contributed by atoms with E-state index in [1.54, 1.807) is 0 Å². The van der Waals surface area contributed by atoms with Gasteiger partial charge in [-0.3, -0.25) is 9.59 Å². The Kier molecular flexibility index (Phi) is 7.39. The van der Waals surface area contributed by atoms with Crippen molar-refractivity contribution in [2.45, 2.75) is 40.5 Å². The fraction of sp³-hybridized carbons (Fsp3) is 0.450. The maximum atomic E-state index is 12.7. The van der Waals surface area contributed by atoms with E-state index in [0.717, 1.165) is 26.8 Å². The predicted molar refractivity (Wildman–Crippen MR) is 107 cm³/mol. The molecule has 8 heteroatoms. The van der Waals surface area contributed by atoms with Crippen molar-refractivity contribution in [3.8, 4) is 5.00 Å². The molecule has 1 amide bonds. The molecule has 0 aromatic carbocycles. The summed E-state index contributed by atoms with van der Waals surface area (Å²) in [5, 5.41) is 3.43. The van der Waals surface area contributed by atoms with E-state index < -0.39 is 11.9 Å². The Morgan fingerprint density at radius 1 is 1.11 bits per heavy atom. The Bertz CT molecular complexity index is 862. The lowest BCUT2D eigenvalue weighted by Gasteiger charge is -2.11. The predicted octanol–water partition coefficient (Wildman–Crippen LogP) is 3.00. The van der Waals surface area contributed by atoms with Crippen molar-refractivity contribution in [2.75, 3.05) is 20.3 Å². The number of ether oxygens (including phenoxy) is 2. The number of carbonyl (C=O) groups excluding carboxylic acids is 3. The fourth-order valence-electron chi connectivity index (χ4n) is 2.81. The number of thiophene rings is 1. The molecule has 0 fully saturated rings. The quantitative estimate of drug-likeness (QED) is 0.538. The summed E-state index contributed by atoms with van der Waals surface area (Å²) >= 11 is 1.53. The number of esters is 2. The van der Waals surface area contributed by atoms with Crippen LogP contribution < -0.4 is 5.32 Å². The second kappa shape index (κ2) is 9.54. The Labute approximate surface area is 168 Å². The smallest absolute Gasteiger partial charge is 0.341 e. The molecule has 2 aromatic heterocycles. The van der Waals surface area contributed by atoms with Gasteiger partial charge < -0.3 is 19.4 Å². The molecular weight excluding hydrogens is 380 g/mol. The summed E-state index contributed by atoms with van der Waals surface area (Å²) in [7, 11) is 1.32. The summed E-state index contributed by atoms with van der Waals surface area (Å²) in [5.41, 5.74) is 3.40. The van der Waals surface area contributed by atoms with Gasteiger partial charge in [0.2, 0.25) is 0 Å². The number of nitrogens with zero attached hydrogens (tertiary/aromatic N) is 1. The van der Waals surface area contributed by atoms with Crippen LogP contribution in [-0.4, -0.2) is 42.7 Å². The summed E-state index contributed by atoms with van der Waals surface area (Å²) < 4.78 is 11.8. The van der Waals surface area contributed by atoms with Crippen LogP contribution in [0.4, 0.5) is 0 Å². The van der Waals surface area contributed by atoms with Gasteiger partial charge in [-0.1, -0.05) is 0 Å². The van der Waals surface area contributed by atoms with Crippen molar-refractivity contribution in [1.82, 2.24) is 9.88 Å². The Morgan fingerprint density at radius 3 is 2.36 bits per heavy atom. The molecule has 2 rings (SSSR count). The van der Waals surface area contributed by atoms with Gasteiger partial charge in [0, 0.05) is 29.2 Å². The van der Waals surface area contributed by atoms with E-state index in [9.17, 15) is 14.4 Å². The van der Waals surface area contributed by atoms with Crippen molar-refractivity contribution in [1.29, 1.82) is 0 Å². The Morgan fingerprint density at radius 2 is 1.75 bits per heavy atom. The number of hydrogen-bond acceptors (Lipinski definition) is 6. The molecule has 0 saturated carbocycles. The largest absolute Gasteiger partial charge is 0.469 e. The molecule has 152 valence electrons. The minimum absolute atomic E-state index is 0.225. The SMILES string of the molecule is COC(=O)CCCNC(=O)COC(=O)c1c(-n2c(C)ccc2C)sc(C)c1C. The number of nitrogens with one attached hydrogen (secondary N) is 1. The first-order valence-electron chi connectivity index (χ1n) is 9.02. The number of hydrogen-bond donors (Lipinski definition) is 1. The molecule has 1 N–H and O–H groups in total. The molecule has 0 aliphatic carbocycles. The van der Waals surface area contributed by atoms with E-state index in [1.165, 1.54) is 18.4 Å². The minimum Gasteiger partial charge on any atom is -0.469 e. The third-order valence-electron chi connectivity index (χ3n) is 4.49. The Balaban J connectivity index is 2.01. The summed E-state index contributed by atoms with van der Waals surface area (Å²) in [6.45, 7) is 7.75. The first kappa shape index (κ1) is 21.7. The molecule has 7 nitrogen and oxygen atoms in total.